The third kappa shape index (κ3) is 2.04. The SMILES string of the molecule is Fc1ccc2cc(C(F)(F)F)cc(Br)c2c1. The van der Waals surface area contributed by atoms with Crippen molar-refractivity contribution in [3.8, 4) is 0 Å². The van der Waals surface area contributed by atoms with Crippen LogP contribution in [0.25, 0.3) is 10.8 Å². The van der Waals surface area contributed by atoms with Crippen LogP contribution in [0.4, 0.5) is 17.6 Å². The number of hydrogen-bond donors (Lipinski definition) is 0. The molecule has 2 aromatic carbocycles. The van der Waals surface area contributed by atoms with E-state index < -0.39 is 17.6 Å². The fraction of sp³-hybridized carbons (Fsp3) is 0.0909. The highest BCUT2D eigenvalue weighted by molar-refractivity contribution is 9.10. The average molecular weight is 293 g/mol. The second-order valence-corrected chi connectivity index (χ2v) is 4.18. The molecule has 0 fully saturated rings. The van der Waals surface area contributed by atoms with Crippen molar-refractivity contribution in [3.05, 3.63) is 46.2 Å². The minimum atomic E-state index is -4.40. The first-order valence-corrected chi connectivity index (χ1v) is 5.13. The highest BCUT2D eigenvalue weighted by Crippen LogP contribution is 2.35. The Morgan fingerprint density at radius 2 is 1.69 bits per heavy atom. The first kappa shape index (κ1) is 11.4. The van der Waals surface area contributed by atoms with Crippen molar-refractivity contribution in [1.82, 2.24) is 0 Å². The largest absolute Gasteiger partial charge is 0.416 e. The second kappa shape index (κ2) is 3.73. The number of benzene rings is 2. The molecular formula is C11H5BrF4. The third-order valence-corrected chi connectivity index (χ3v) is 2.85. The van der Waals surface area contributed by atoms with Gasteiger partial charge in [0.2, 0.25) is 0 Å². The second-order valence-electron chi connectivity index (χ2n) is 3.32. The molecule has 0 nitrogen and oxygen atoms in total. The molecule has 0 saturated carbocycles. The van der Waals surface area contributed by atoms with Crippen LogP contribution in [0.2, 0.25) is 0 Å². The maximum Gasteiger partial charge on any atom is 0.416 e. The highest BCUT2D eigenvalue weighted by atomic mass is 79.9. The van der Waals surface area contributed by atoms with Gasteiger partial charge < -0.3 is 0 Å². The van der Waals surface area contributed by atoms with Gasteiger partial charge in [0.05, 0.1) is 5.56 Å². The summed E-state index contributed by atoms with van der Waals surface area (Å²) < 4.78 is 50.6. The summed E-state index contributed by atoms with van der Waals surface area (Å²) in [4.78, 5) is 0. The minimum absolute atomic E-state index is 0.233. The summed E-state index contributed by atoms with van der Waals surface area (Å²) >= 11 is 3.01. The average Bonchev–Trinajstić information content (AvgIpc) is 2.17. The lowest BCUT2D eigenvalue weighted by Crippen LogP contribution is -2.04. The van der Waals surface area contributed by atoms with Gasteiger partial charge in [-0.3, -0.25) is 0 Å². The van der Waals surface area contributed by atoms with Crippen LogP contribution in [0.15, 0.2) is 34.8 Å². The predicted molar refractivity (Wildman–Crippen MR) is 56.6 cm³/mol. The molecule has 0 aliphatic heterocycles. The molecule has 0 saturated heterocycles. The van der Waals surface area contributed by atoms with Crippen LogP contribution in [-0.2, 0) is 6.18 Å². The van der Waals surface area contributed by atoms with E-state index in [1.165, 1.54) is 12.1 Å². The Morgan fingerprint density at radius 1 is 1.00 bits per heavy atom. The van der Waals surface area contributed by atoms with Gasteiger partial charge in [0.25, 0.3) is 0 Å². The maximum absolute atomic E-state index is 12.9. The van der Waals surface area contributed by atoms with Gasteiger partial charge in [-0.05, 0) is 35.0 Å². The zero-order chi connectivity index (χ0) is 11.9. The molecule has 2 aromatic rings. The summed E-state index contributed by atoms with van der Waals surface area (Å²) in [6, 6.07) is 5.60. The molecule has 2 rings (SSSR count). The molecule has 16 heavy (non-hydrogen) atoms. The van der Waals surface area contributed by atoms with E-state index >= 15 is 0 Å². The smallest absolute Gasteiger partial charge is 0.207 e. The number of alkyl halides is 3. The van der Waals surface area contributed by atoms with Gasteiger partial charge in [-0.15, -0.1) is 0 Å². The third-order valence-electron chi connectivity index (χ3n) is 2.19. The van der Waals surface area contributed by atoms with E-state index in [2.05, 4.69) is 15.9 Å². The fourth-order valence-electron chi connectivity index (χ4n) is 1.45. The molecule has 0 radical (unpaired) electrons. The molecule has 0 aromatic heterocycles. The van der Waals surface area contributed by atoms with E-state index in [9.17, 15) is 17.6 Å². The van der Waals surface area contributed by atoms with E-state index in [0.29, 0.717) is 10.8 Å². The van der Waals surface area contributed by atoms with Gasteiger partial charge in [-0.2, -0.15) is 13.2 Å². The lowest BCUT2D eigenvalue weighted by molar-refractivity contribution is -0.137. The zero-order valence-corrected chi connectivity index (χ0v) is 9.36. The normalized spacial score (nSPS) is 12.1. The fourth-order valence-corrected chi connectivity index (χ4v) is 2.04. The summed E-state index contributed by atoms with van der Waals surface area (Å²) in [5.41, 5.74) is -0.751. The Hall–Kier alpha value is -1.10. The summed E-state index contributed by atoms with van der Waals surface area (Å²) in [5, 5.41) is 0.774. The Morgan fingerprint density at radius 3 is 2.31 bits per heavy atom. The molecule has 0 atom stereocenters. The first-order chi connectivity index (χ1) is 7.38. The topological polar surface area (TPSA) is 0 Å². The maximum atomic E-state index is 12.9. The molecule has 0 heterocycles. The number of halogens is 5. The van der Waals surface area contributed by atoms with Crippen molar-refractivity contribution >= 4 is 26.7 Å². The Labute approximate surface area is 97.0 Å². The molecule has 0 aliphatic rings. The summed E-state index contributed by atoms with van der Waals surface area (Å²) in [7, 11) is 0. The van der Waals surface area contributed by atoms with E-state index in [1.54, 1.807) is 0 Å². The van der Waals surface area contributed by atoms with Crippen LogP contribution >= 0.6 is 15.9 Å². The Balaban J connectivity index is 2.74. The molecule has 5 heteroatoms. The van der Waals surface area contributed by atoms with Gasteiger partial charge in [0, 0.05) is 4.47 Å². The van der Waals surface area contributed by atoms with E-state index in [1.807, 2.05) is 0 Å². The van der Waals surface area contributed by atoms with Crippen molar-refractivity contribution < 1.29 is 17.6 Å². The highest BCUT2D eigenvalue weighted by Gasteiger charge is 2.31. The van der Waals surface area contributed by atoms with Crippen molar-refractivity contribution in [2.75, 3.05) is 0 Å². The van der Waals surface area contributed by atoms with Crippen LogP contribution in [0.5, 0.6) is 0 Å². The number of hydrogen-bond acceptors (Lipinski definition) is 0. The van der Waals surface area contributed by atoms with Gasteiger partial charge in [0.1, 0.15) is 5.82 Å². The van der Waals surface area contributed by atoms with Crippen molar-refractivity contribution in [2.45, 2.75) is 6.18 Å². The molecule has 0 bridgehead atoms. The predicted octanol–water partition coefficient (Wildman–Crippen LogP) is 4.76. The standard InChI is InChI=1S/C11H5BrF4/c12-10-4-7(11(14,15)16)3-6-1-2-8(13)5-9(6)10/h1-5H. The molecule has 84 valence electrons. The molecule has 0 aliphatic carbocycles. The van der Waals surface area contributed by atoms with Crippen LogP contribution < -0.4 is 0 Å². The van der Waals surface area contributed by atoms with Crippen molar-refractivity contribution in [1.29, 1.82) is 0 Å². The van der Waals surface area contributed by atoms with Gasteiger partial charge in [0.15, 0.2) is 0 Å². The van der Waals surface area contributed by atoms with E-state index in [0.717, 1.165) is 18.2 Å². The first-order valence-electron chi connectivity index (χ1n) is 4.34. The lowest BCUT2D eigenvalue weighted by atomic mass is 10.1. The van der Waals surface area contributed by atoms with Gasteiger partial charge in [-0.1, -0.05) is 22.0 Å². The monoisotopic (exact) mass is 292 g/mol. The van der Waals surface area contributed by atoms with Crippen LogP contribution in [0.1, 0.15) is 5.56 Å². The Bertz CT molecular complexity index is 545. The van der Waals surface area contributed by atoms with Crippen molar-refractivity contribution in [2.24, 2.45) is 0 Å². The van der Waals surface area contributed by atoms with Crippen LogP contribution in [0.3, 0.4) is 0 Å². The van der Waals surface area contributed by atoms with Crippen LogP contribution in [0, 0.1) is 5.82 Å². The Kier molecular flexibility index (Phi) is 2.66. The van der Waals surface area contributed by atoms with Gasteiger partial charge in [-0.25, -0.2) is 4.39 Å². The summed E-state index contributed by atoms with van der Waals surface area (Å²) in [6.07, 6.45) is -4.40. The zero-order valence-electron chi connectivity index (χ0n) is 7.78. The molecule has 0 N–H and O–H groups in total. The van der Waals surface area contributed by atoms with Crippen molar-refractivity contribution in [3.63, 3.8) is 0 Å². The summed E-state index contributed by atoms with van der Waals surface area (Å²) in [6.45, 7) is 0. The molecular weight excluding hydrogens is 288 g/mol. The minimum Gasteiger partial charge on any atom is -0.207 e. The summed E-state index contributed by atoms with van der Waals surface area (Å²) in [5.74, 6) is -0.479. The molecule has 0 spiro atoms. The van der Waals surface area contributed by atoms with Gasteiger partial charge >= 0.3 is 6.18 Å². The quantitative estimate of drug-likeness (QED) is 0.614. The van der Waals surface area contributed by atoms with E-state index in [4.69, 9.17) is 0 Å². The molecule has 0 amide bonds. The number of fused-ring (bicyclic) bond motifs is 1. The number of rotatable bonds is 0. The van der Waals surface area contributed by atoms with E-state index in [-0.39, 0.29) is 4.47 Å². The van der Waals surface area contributed by atoms with Crippen LogP contribution in [-0.4, -0.2) is 0 Å². The lowest BCUT2D eigenvalue weighted by Gasteiger charge is -2.09. The molecule has 0 unspecified atom stereocenters.